The van der Waals surface area contributed by atoms with Gasteiger partial charge >= 0.3 is 0 Å². The van der Waals surface area contributed by atoms with Crippen molar-refractivity contribution in [3.8, 4) is 0 Å². The molecule has 0 aliphatic heterocycles. The highest BCUT2D eigenvalue weighted by Crippen LogP contribution is 2.11. The summed E-state index contributed by atoms with van der Waals surface area (Å²) < 4.78 is 0. The maximum atomic E-state index is 11.8. The Morgan fingerprint density at radius 1 is 1.17 bits per heavy atom. The molecule has 0 unspecified atom stereocenters. The van der Waals surface area contributed by atoms with Crippen molar-refractivity contribution in [1.82, 2.24) is 16.0 Å². The number of nitro groups is 1. The number of rotatable bonds is 8. The maximum absolute atomic E-state index is 11.8. The molecular weight excluding hydrogens is 316 g/mol. The highest BCUT2D eigenvalue weighted by molar-refractivity contribution is 5.94. The molecule has 0 aliphatic rings. The van der Waals surface area contributed by atoms with Crippen molar-refractivity contribution in [1.29, 1.82) is 0 Å². The standard InChI is InChI=1S/C15H20N4O5/c1-3-16-14(21)10(2)18-13(20)8-9-17-15(22)11-4-6-12(7-5-11)19(23)24/h4-7,10H,3,8-9H2,1-2H3,(H,16,21)(H,17,22)(H,18,20)/t10-/m1/s1. The van der Waals surface area contributed by atoms with Gasteiger partial charge in [-0.15, -0.1) is 0 Å². The second-order valence-electron chi connectivity index (χ2n) is 4.99. The molecule has 0 saturated heterocycles. The summed E-state index contributed by atoms with van der Waals surface area (Å²) in [5.74, 6) is -1.08. The summed E-state index contributed by atoms with van der Waals surface area (Å²) in [6, 6.07) is 4.49. The SMILES string of the molecule is CCNC(=O)[C@@H](C)NC(=O)CCNC(=O)c1ccc([N+](=O)[O-])cc1. The monoisotopic (exact) mass is 336 g/mol. The highest BCUT2D eigenvalue weighted by Gasteiger charge is 2.15. The largest absolute Gasteiger partial charge is 0.355 e. The number of nitrogens with zero attached hydrogens (tertiary/aromatic N) is 1. The molecule has 3 N–H and O–H groups in total. The van der Waals surface area contributed by atoms with Gasteiger partial charge in [-0.25, -0.2) is 0 Å². The van der Waals surface area contributed by atoms with Crippen molar-refractivity contribution in [2.75, 3.05) is 13.1 Å². The van der Waals surface area contributed by atoms with Gasteiger partial charge in [0.25, 0.3) is 11.6 Å². The first-order valence-corrected chi connectivity index (χ1v) is 7.44. The first-order chi connectivity index (χ1) is 11.3. The van der Waals surface area contributed by atoms with Crippen LogP contribution in [0.4, 0.5) is 5.69 Å². The van der Waals surface area contributed by atoms with Crippen LogP contribution >= 0.6 is 0 Å². The zero-order valence-electron chi connectivity index (χ0n) is 13.5. The number of carbonyl (C=O) groups is 3. The van der Waals surface area contributed by atoms with E-state index in [2.05, 4.69) is 16.0 Å². The van der Waals surface area contributed by atoms with E-state index in [4.69, 9.17) is 0 Å². The molecule has 24 heavy (non-hydrogen) atoms. The van der Waals surface area contributed by atoms with Crippen molar-refractivity contribution in [3.05, 3.63) is 39.9 Å². The molecular formula is C15H20N4O5. The summed E-state index contributed by atoms with van der Waals surface area (Å²) in [6.07, 6.45) is 0.0163. The summed E-state index contributed by atoms with van der Waals surface area (Å²) in [5.41, 5.74) is 0.155. The van der Waals surface area contributed by atoms with Gasteiger partial charge in [0.05, 0.1) is 4.92 Å². The molecule has 1 aromatic rings. The topological polar surface area (TPSA) is 130 Å². The molecule has 0 bridgehead atoms. The summed E-state index contributed by atoms with van der Waals surface area (Å²) in [7, 11) is 0. The summed E-state index contributed by atoms with van der Waals surface area (Å²) in [4.78, 5) is 45.0. The average Bonchev–Trinajstić information content (AvgIpc) is 2.54. The Morgan fingerprint density at radius 3 is 2.33 bits per heavy atom. The molecule has 0 spiro atoms. The average molecular weight is 336 g/mol. The highest BCUT2D eigenvalue weighted by atomic mass is 16.6. The molecule has 130 valence electrons. The molecule has 1 rings (SSSR count). The van der Waals surface area contributed by atoms with Crippen LogP contribution in [0.15, 0.2) is 24.3 Å². The van der Waals surface area contributed by atoms with E-state index >= 15 is 0 Å². The molecule has 1 atom stereocenters. The van der Waals surface area contributed by atoms with Crippen molar-refractivity contribution >= 4 is 23.4 Å². The van der Waals surface area contributed by atoms with Crippen LogP contribution in [0.5, 0.6) is 0 Å². The molecule has 0 fully saturated rings. The number of amides is 3. The van der Waals surface area contributed by atoms with E-state index in [0.29, 0.717) is 6.54 Å². The summed E-state index contributed by atoms with van der Waals surface area (Å²) in [5, 5.41) is 18.2. The van der Waals surface area contributed by atoms with Crippen LogP contribution in [0.25, 0.3) is 0 Å². The van der Waals surface area contributed by atoms with Crippen molar-refractivity contribution in [3.63, 3.8) is 0 Å². The van der Waals surface area contributed by atoms with Gasteiger partial charge in [0.2, 0.25) is 11.8 Å². The quantitative estimate of drug-likeness (QED) is 0.466. The van der Waals surface area contributed by atoms with Crippen LogP contribution in [0, 0.1) is 10.1 Å². The lowest BCUT2D eigenvalue weighted by atomic mass is 10.2. The zero-order valence-corrected chi connectivity index (χ0v) is 13.5. The fourth-order valence-electron chi connectivity index (χ4n) is 1.83. The van der Waals surface area contributed by atoms with E-state index in [-0.39, 0.29) is 36.0 Å². The molecule has 9 heteroatoms. The van der Waals surface area contributed by atoms with Crippen LogP contribution in [-0.4, -0.2) is 41.8 Å². The normalized spacial score (nSPS) is 11.2. The Morgan fingerprint density at radius 2 is 1.79 bits per heavy atom. The predicted octanol–water partition coefficient (Wildman–Crippen LogP) is 0.356. The molecule has 0 aromatic heterocycles. The summed E-state index contributed by atoms with van der Waals surface area (Å²) >= 11 is 0. The number of nitro benzene ring substituents is 1. The second-order valence-corrected chi connectivity index (χ2v) is 4.99. The van der Waals surface area contributed by atoms with E-state index in [0.717, 1.165) is 0 Å². The van der Waals surface area contributed by atoms with Gasteiger partial charge < -0.3 is 16.0 Å². The third-order valence-corrected chi connectivity index (χ3v) is 3.10. The van der Waals surface area contributed by atoms with E-state index in [9.17, 15) is 24.5 Å². The molecule has 1 aromatic carbocycles. The molecule has 9 nitrogen and oxygen atoms in total. The van der Waals surface area contributed by atoms with Crippen LogP contribution in [0.2, 0.25) is 0 Å². The van der Waals surface area contributed by atoms with Gasteiger partial charge in [-0.2, -0.15) is 0 Å². The smallest absolute Gasteiger partial charge is 0.269 e. The number of carbonyl (C=O) groups excluding carboxylic acids is 3. The number of nitrogens with one attached hydrogen (secondary N) is 3. The fraction of sp³-hybridized carbons (Fsp3) is 0.400. The van der Waals surface area contributed by atoms with E-state index in [1.807, 2.05) is 0 Å². The predicted molar refractivity (Wildman–Crippen MR) is 86.3 cm³/mol. The Bertz CT molecular complexity index is 615. The number of likely N-dealkylation sites (N-methyl/N-ethyl adjacent to an activating group) is 1. The van der Waals surface area contributed by atoms with Crippen molar-refractivity contribution in [2.45, 2.75) is 26.3 Å². The first kappa shape index (κ1) is 19.1. The lowest BCUT2D eigenvalue weighted by Crippen LogP contribution is -2.45. The van der Waals surface area contributed by atoms with E-state index in [1.165, 1.54) is 24.3 Å². The van der Waals surface area contributed by atoms with Gasteiger partial charge in [0, 0.05) is 37.2 Å². The molecule has 0 heterocycles. The minimum absolute atomic E-state index is 0.0163. The molecule has 0 radical (unpaired) electrons. The van der Waals surface area contributed by atoms with Crippen molar-refractivity contribution in [2.24, 2.45) is 0 Å². The Hall–Kier alpha value is -2.97. The number of hydrogen-bond donors (Lipinski definition) is 3. The fourth-order valence-corrected chi connectivity index (χ4v) is 1.83. The molecule has 0 aliphatic carbocycles. The Balaban J connectivity index is 2.38. The second kappa shape index (κ2) is 9.23. The van der Waals surface area contributed by atoms with Gasteiger partial charge in [0.15, 0.2) is 0 Å². The molecule has 3 amide bonds. The number of hydrogen-bond acceptors (Lipinski definition) is 5. The number of non-ortho nitro benzene ring substituents is 1. The first-order valence-electron chi connectivity index (χ1n) is 7.44. The zero-order chi connectivity index (χ0) is 18.1. The van der Waals surface area contributed by atoms with Gasteiger partial charge in [0.1, 0.15) is 6.04 Å². The Labute approximate surface area is 139 Å². The van der Waals surface area contributed by atoms with Crippen LogP contribution in [-0.2, 0) is 9.59 Å². The lowest BCUT2D eigenvalue weighted by Gasteiger charge is -2.13. The third-order valence-electron chi connectivity index (χ3n) is 3.10. The van der Waals surface area contributed by atoms with Gasteiger partial charge in [-0.3, -0.25) is 24.5 Å². The van der Waals surface area contributed by atoms with Crippen molar-refractivity contribution < 1.29 is 19.3 Å². The lowest BCUT2D eigenvalue weighted by molar-refractivity contribution is -0.384. The number of benzene rings is 1. The van der Waals surface area contributed by atoms with Crippen LogP contribution in [0.3, 0.4) is 0 Å². The van der Waals surface area contributed by atoms with E-state index in [1.54, 1.807) is 13.8 Å². The van der Waals surface area contributed by atoms with Crippen LogP contribution < -0.4 is 16.0 Å². The summed E-state index contributed by atoms with van der Waals surface area (Å²) in [6.45, 7) is 3.91. The van der Waals surface area contributed by atoms with Gasteiger partial charge in [-0.1, -0.05) is 0 Å². The van der Waals surface area contributed by atoms with E-state index < -0.39 is 16.9 Å². The molecule has 0 saturated carbocycles. The minimum Gasteiger partial charge on any atom is -0.355 e. The third kappa shape index (κ3) is 6.03. The Kier molecular flexibility index (Phi) is 7.34. The van der Waals surface area contributed by atoms with Gasteiger partial charge in [-0.05, 0) is 26.0 Å². The minimum atomic E-state index is -0.650. The van der Waals surface area contributed by atoms with Crippen LogP contribution in [0.1, 0.15) is 30.6 Å². The maximum Gasteiger partial charge on any atom is 0.269 e.